The lowest BCUT2D eigenvalue weighted by atomic mass is 10.1. The molecule has 1 heterocycles. The van der Waals surface area contributed by atoms with Crippen LogP contribution >= 0.6 is 11.3 Å². The lowest BCUT2D eigenvalue weighted by Gasteiger charge is -2.01. The quantitative estimate of drug-likeness (QED) is 0.784. The summed E-state index contributed by atoms with van der Waals surface area (Å²) in [6, 6.07) is 12.1. The maximum atomic E-state index is 10.2. The van der Waals surface area contributed by atoms with E-state index in [9.17, 15) is 4.79 Å². The van der Waals surface area contributed by atoms with Crippen LogP contribution in [0.1, 0.15) is 10.4 Å². The maximum absolute atomic E-state index is 10.2. The Balaban J connectivity index is 2.07. The van der Waals surface area contributed by atoms with Crippen LogP contribution in [-0.2, 0) is 11.2 Å². The monoisotopic (exact) mass is 217 g/mol. The molecule has 1 amide bonds. The molecule has 0 unspecified atom stereocenters. The molecule has 0 radical (unpaired) electrons. The highest BCUT2D eigenvalue weighted by molar-refractivity contribution is 7.09. The van der Waals surface area contributed by atoms with Crippen molar-refractivity contribution in [2.75, 3.05) is 5.32 Å². The van der Waals surface area contributed by atoms with Crippen LogP contribution in [0.4, 0.5) is 5.69 Å². The van der Waals surface area contributed by atoms with E-state index in [1.165, 1.54) is 10.4 Å². The zero-order valence-corrected chi connectivity index (χ0v) is 8.96. The Morgan fingerprint density at radius 3 is 2.60 bits per heavy atom. The lowest BCUT2D eigenvalue weighted by molar-refractivity contribution is -0.105. The molecule has 76 valence electrons. The summed E-state index contributed by atoms with van der Waals surface area (Å²) in [4.78, 5) is 11.6. The fourth-order valence-corrected chi connectivity index (χ4v) is 2.14. The molecule has 0 saturated heterocycles. The third-order valence-corrected chi connectivity index (χ3v) is 3.01. The first-order valence-electron chi connectivity index (χ1n) is 4.70. The van der Waals surface area contributed by atoms with E-state index < -0.39 is 0 Å². The molecule has 2 aromatic rings. The van der Waals surface area contributed by atoms with Crippen molar-refractivity contribution in [3.05, 3.63) is 52.2 Å². The molecule has 0 spiro atoms. The van der Waals surface area contributed by atoms with Gasteiger partial charge in [0.15, 0.2) is 0 Å². The van der Waals surface area contributed by atoms with E-state index in [1.807, 2.05) is 24.3 Å². The zero-order valence-electron chi connectivity index (χ0n) is 8.14. The van der Waals surface area contributed by atoms with Gasteiger partial charge in [-0.15, -0.1) is 11.3 Å². The molecule has 0 fully saturated rings. The fourth-order valence-electron chi connectivity index (χ4n) is 1.40. The molecule has 2 nitrogen and oxygen atoms in total. The van der Waals surface area contributed by atoms with Gasteiger partial charge in [-0.05, 0) is 29.1 Å². The highest BCUT2D eigenvalue weighted by Crippen LogP contribution is 2.16. The molecule has 0 saturated carbocycles. The predicted molar refractivity (Wildman–Crippen MR) is 63.3 cm³/mol. The van der Waals surface area contributed by atoms with Gasteiger partial charge in [-0.1, -0.05) is 18.2 Å². The van der Waals surface area contributed by atoms with Crippen LogP contribution in [0.3, 0.4) is 0 Å². The summed E-state index contributed by atoms with van der Waals surface area (Å²) in [6.07, 6.45) is 1.65. The lowest BCUT2D eigenvalue weighted by Crippen LogP contribution is -1.93. The van der Waals surface area contributed by atoms with Crippen LogP contribution in [0.5, 0.6) is 0 Å². The van der Waals surface area contributed by atoms with Gasteiger partial charge >= 0.3 is 0 Å². The predicted octanol–water partition coefficient (Wildman–Crippen LogP) is 2.91. The molecule has 2 rings (SSSR count). The highest BCUT2D eigenvalue weighted by atomic mass is 32.1. The van der Waals surface area contributed by atoms with E-state index in [0.29, 0.717) is 6.41 Å². The first-order chi connectivity index (χ1) is 7.38. The number of nitrogens with one attached hydrogen (secondary N) is 1. The van der Waals surface area contributed by atoms with Gasteiger partial charge in [0.1, 0.15) is 0 Å². The molecule has 0 aliphatic heterocycles. The van der Waals surface area contributed by atoms with Crippen LogP contribution in [0.15, 0.2) is 41.8 Å². The van der Waals surface area contributed by atoms with Crippen molar-refractivity contribution in [3.8, 4) is 0 Å². The summed E-state index contributed by atoms with van der Waals surface area (Å²) in [5.74, 6) is 0. The average molecular weight is 217 g/mol. The van der Waals surface area contributed by atoms with Crippen molar-refractivity contribution in [1.82, 2.24) is 0 Å². The Labute approximate surface area is 92.6 Å². The van der Waals surface area contributed by atoms with Gasteiger partial charge in [0.05, 0.1) is 0 Å². The summed E-state index contributed by atoms with van der Waals surface area (Å²) in [6.45, 7) is 0. The molecule has 0 aliphatic carbocycles. The van der Waals surface area contributed by atoms with E-state index in [0.717, 1.165) is 12.1 Å². The van der Waals surface area contributed by atoms with Crippen molar-refractivity contribution < 1.29 is 4.79 Å². The molecule has 0 bridgehead atoms. The van der Waals surface area contributed by atoms with Crippen molar-refractivity contribution in [2.24, 2.45) is 0 Å². The third kappa shape index (κ3) is 2.67. The SMILES string of the molecule is O=CNc1ccc(Cc2cccs2)cc1. The average Bonchev–Trinajstić information content (AvgIpc) is 2.74. The number of anilines is 1. The second-order valence-corrected chi connectivity index (χ2v) is 4.25. The topological polar surface area (TPSA) is 29.1 Å². The van der Waals surface area contributed by atoms with Crippen LogP contribution in [0.25, 0.3) is 0 Å². The zero-order chi connectivity index (χ0) is 10.5. The first-order valence-corrected chi connectivity index (χ1v) is 5.58. The normalized spacial score (nSPS) is 9.87. The fraction of sp³-hybridized carbons (Fsp3) is 0.0833. The minimum absolute atomic E-state index is 0.689. The Morgan fingerprint density at radius 1 is 1.20 bits per heavy atom. The molecule has 1 N–H and O–H groups in total. The van der Waals surface area contributed by atoms with Crippen LogP contribution in [-0.4, -0.2) is 6.41 Å². The van der Waals surface area contributed by atoms with Crippen molar-refractivity contribution >= 4 is 23.4 Å². The molecular formula is C12H11NOS. The number of rotatable bonds is 4. The largest absolute Gasteiger partial charge is 0.329 e. The van der Waals surface area contributed by atoms with Crippen molar-refractivity contribution in [1.29, 1.82) is 0 Å². The minimum Gasteiger partial charge on any atom is -0.329 e. The molecule has 0 atom stereocenters. The van der Waals surface area contributed by atoms with Crippen LogP contribution in [0, 0.1) is 0 Å². The van der Waals surface area contributed by atoms with E-state index >= 15 is 0 Å². The molecule has 15 heavy (non-hydrogen) atoms. The van der Waals surface area contributed by atoms with E-state index in [-0.39, 0.29) is 0 Å². The van der Waals surface area contributed by atoms with E-state index in [1.54, 1.807) is 11.3 Å². The van der Waals surface area contributed by atoms with E-state index in [2.05, 4.69) is 22.8 Å². The first kappa shape index (κ1) is 9.93. The van der Waals surface area contributed by atoms with Gasteiger partial charge in [-0.25, -0.2) is 0 Å². The van der Waals surface area contributed by atoms with Gasteiger partial charge in [0.25, 0.3) is 0 Å². The van der Waals surface area contributed by atoms with Gasteiger partial charge in [0, 0.05) is 17.0 Å². The number of carbonyl (C=O) groups is 1. The van der Waals surface area contributed by atoms with Gasteiger partial charge in [-0.3, -0.25) is 4.79 Å². The second-order valence-electron chi connectivity index (χ2n) is 3.22. The smallest absolute Gasteiger partial charge is 0.211 e. The summed E-state index contributed by atoms with van der Waals surface area (Å²) in [5.41, 5.74) is 2.09. The van der Waals surface area contributed by atoms with E-state index in [4.69, 9.17) is 0 Å². The third-order valence-electron chi connectivity index (χ3n) is 2.14. The van der Waals surface area contributed by atoms with Gasteiger partial charge in [0.2, 0.25) is 6.41 Å². The Kier molecular flexibility index (Phi) is 3.15. The number of hydrogen-bond acceptors (Lipinski definition) is 2. The highest BCUT2D eigenvalue weighted by Gasteiger charge is 1.97. The Hall–Kier alpha value is -1.61. The summed E-state index contributed by atoms with van der Waals surface area (Å²) in [7, 11) is 0. The molecule has 1 aromatic carbocycles. The Morgan fingerprint density at radius 2 is 2.00 bits per heavy atom. The number of carbonyl (C=O) groups excluding carboxylic acids is 1. The summed E-state index contributed by atoms with van der Waals surface area (Å²) < 4.78 is 0. The van der Waals surface area contributed by atoms with Gasteiger partial charge < -0.3 is 5.32 Å². The Bertz CT molecular complexity index is 419. The molecule has 3 heteroatoms. The summed E-state index contributed by atoms with van der Waals surface area (Å²) >= 11 is 1.76. The van der Waals surface area contributed by atoms with Crippen molar-refractivity contribution in [2.45, 2.75) is 6.42 Å². The minimum atomic E-state index is 0.689. The number of benzene rings is 1. The number of thiophene rings is 1. The maximum Gasteiger partial charge on any atom is 0.211 e. The van der Waals surface area contributed by atoms with Gasteiger partial charge in [-0.2, -0.15) is 0 Å². The number of hydrogen-bond donors (Lipinski definition) is 1. The standard InChI is InChI=1S/C12H11NOS/c14-9-13-11-5-3-10(4-6-11)8-12-2-1-7-15-12/h1-7,9H,8H2,(H,13,14). The number of amides is 1. The van der Waals surface area contributed by atoms with Crippen molar-refractivity contribution in [3.63, 3.8) is 0 Å². The van der Waals surface area contributed by atoms with Crippen LogP contribution < -0.4 is 5.32 Å². The molecule has 1 aromatic heterocycles. The van der Waals surface area contributed by atoms with Crippen LogP contribution in [0.2, 0.25) is 0 Å². The summed E-state index contributed by atoms with van der Waals surface area (Å²) in [5, 5.41) is 4.70. The molecule has 0 aliphatic rings. The molecular weight excluding hydrogens is 206 g/mol. The second kappa shape index (κ2) is 4.75.